The molecule has 0 aliphatic carbocycles. The molecule has 11 nitrogen and oxygen atoms in total. The fourth-order valence-electron chi connectivity index (χ4n) is 4.04. The van der Waals surface area contributed by atoms with Crippen molar-refractivity contribution in [2.45, 2.75) is 51.6 Å². The van der Waals surface area contributed by atoms with E-state index in [0.717, 1.165) is 34.3 Å². The fraction of sp³-hybridized carbons (Fsp3) is 0.310. The van der Waals surface area contributed by atoms with E-state index in [2.05, 4.69) is 20.8 Å². The summed E-state index contributed by atoms with van der Waals surface area (Å²) in [6.07, 6.45) is 0. The predicted molar refractivity (Wildman–Crippen MR) is 167 cm³/mol. The number of aromatic nitrogens is 3. The van der Waals surface area contributed by atoms with Gasteiger partial charge in [-0.05, 0) is 69.3 Å². The zero-order valence-electron chi connectivity index (χ0n) is 24.3. The lowest BCUT2D eigenvalue weighted by atomic mass is 10.1. The molecule has 0 aliphatic heterocycles. The van der Waals surface area contributed by atoms with Crippen molar-refractivity contribution >= 4 is 63.2 Å². The molecule has 0 aliphatic rings. The van der Waals surface area contributed by atoms with Gasteiger partial charge in [0.05, 0.1) is 35.4 Å². The first-order valence-electron chi connectivity index (χ1n) is 13.4. The van der Waals surface area contributed by atoms with E-state index >= 15 is 0 Å². The van der Waals surface area contributed by atoms with E-state index in [1.165, 1.54) is 11.3 Å². The topological polar surface area (TPSA) is 142 Å². The second-order valence-electron chi connectivity index (χ2n) is 9.18. The van der Waals surface area contributed by atoms with Gasteiger partial charge < -0.3 is 20.1 Å². The van der Waals surface area contributed by atoms with E-state index in [4.69, 9.17) is 9.47 Å². The molecule has 226 valence electrons. The van der Waals surface area contributed by atoms with Crippen LogP contribution in [-0.2, 0) is 20.8 Å². The Morgan fingerprint density at radius 2 is 1.77 bits per heavy atom. The van der Waals surface area contributed by atoms with Crippen LogP contribution in [0.15, 0.2) is 46.9 Å². The zero-order chi connectivity index (χ0) is 31.1. The molecular weight excluding hydrogens is 611 g/mol. The highest BCUT2D eigenvalue weighted by Crippen LogP contribution is 2.35. The van der Waals surface area contributed by atoms with Crippen molar-refractivity contribution in [1.29, 1.82) is 0 Å². The molecule has 0 spiro atoms. The van der Waals surface area contributed by atoms with Gasteiger partial charge in [-0.2, -0.15) is 0 Å². The Bertz CT molecular complexity index is 1630. The Morgan fingerprint density at radius 3 is 2.44 bits per heavy atom. The number of hydrogen-bond donors (Lipinski definition) is 2. The SMILES string of the molecule is CCOC(=O)c1sc(NC(=O)[C@H](C)Sc2nnc(CNC(=O)c3cccs3)n2-c2cccc(C)c2)c(C(=O)OCC)c1C. The molecule has 2 amide bonds. The fourth-order valence-corrected chi connectivity index (χ4v) is 6.66. The van der Waals surface area contributed by atoms with Gasteiger partial charge in [0.2, 0.25) is 5.91 Å². The van der Waals surface area contributed by atoms with Crippen molar-refractivity contribution in [1.82, 2.24) is 20.1 Å². The first kappa shape index (κ1) is 31.9. The highest BCUT2D eigenvalue weighted by atomic mass is 32.2. The molecule has 0 bridgehead atoms. The maximum atomic E-state index is 13.4. The average molecular weight is 642 g/mol. The zero-order valence-corrected chi connectivity index (χ0v) is 26.7. The second kappa shape index (κ2) is 14.4. The van der Waals surface area contributed by atoms with Crippen molar-refractivity contribution in [3.8, 4) is 5.69 Å². The number of ether oxygens (including phenoxy) is 2. The minimum atomic E-state index is -0.690. The van der Waals surface area contributed by atoms with Crippen molar-refractivity contribution < 1.29 is 28.7 Å². The number of carbonyl (C=O) groups excluding carboxylic acids is 4. The third-order valence-corrected chi connectivity index (χ3v) is 9.19. The number of rotatable bonds is 12. The lowest BCUT2D eigenvalue weighted by Crippen LogP contribution is -2.25. The highest BCUT2D eigenvalue weighted by molar-refractivity contribution is 8.00. The summed E-state index contributed by atoms with van der Waals surface area (Å²) in [5, 5.41) is 16.1. The molecule has 1 atom stereocenters. The van der Waals surface area contributed by atoms with Gasteiger partial charge in [-0.25, -0.2) is 9.59 Å². The molecule has 0 saturated carbocycles. The minimum Gasteiger partial charge on any atom is -0.462 e. The molecule has 2 N–H and O–H groups in total. The Hall–Kier alpha value is -4.01. The van der Waals surface area contributed by atoms with Crippen molar-refractivity contribution in [2.75, 3.05) is 18.5 Å². The lowest BCUT2D eigenvalue weighted by molar-refractivity contribution is -0.115. The van der Waals surface area contributed by atoms with Gasteiger partial charge in [-0.15, -0.1) is 32.9 Å². The van der Waals surface area contributed by atoms with Gasteiger partial charge >= 0.3 is 11.9 Å². The Balaban J connectivity index is 1.59. The van der Waals surface area contributed by atoms with Gasteiger partial charge in [-0.1, -0.05) is 30.0 Å². The van der Waals surface area contributed by atoms with Crippen LogP contribution in [0.4, 0.5) is 5.00 Å². The number of amides is 2. The summed E-state index contributed by atoms with van der Waals surface area (Å²) >= 11 is 3.47. The molecule has 3 heterocycles. The van der Waals surface area contributed by atoms with Crippen LogP contribution in [0.2, 0.25) is 0 Å². The minimum absolute atomic E-state index is 0.118. The number of nitrogens with one attached hydrogen (secondary N) is 2. The number of aryl methyl sites for hydroxylation is 1. The maximum Gasteiger partial charge on any atom is 0.348 e. The molecule has 4 rings (SSSR count). The van der Waals surface area contributed by atoms with Gasteiger partial charge in [-0.3, -0.25) is 14.2 Å². The average Bonchev–Trinajstić information content (AvgIpc) is 3.71. The van der Waals surface area contributed by atoms with E-state index in [1.807, 2.05) is 36.6 Å². The van der Waals surface area contributed by atoms with Gasteiger partial charge in [0, 0.05) is 5.69 Å². The lowest BCUT2D eigenvalue weighted by Gasteiger charge is -2.14. The van der Waals surface area contributed by atoms with E-state index in [0.29, 0.717) is 21.4 Å². The Kier molecular flexibility index (Phi) is 10.7. The number of thioether (sulfide) groups is 1. The summed E-state index contributed by atoms with van der Waals surface area (Å²) in [4.78, 5) is 52.1. The quantitative estimate of drug-likeness (QED) is 0.153. The molecule has 0 unspecified atom stereocenters. The highest BCUT2D eigenvalue weighted by Gasteiger charge is 2.29. The van der Waals surface area contributed by atoms with E-state index in [-0.39, 0.29) is 41.1 Å². The van der Waals surface area contributed by atoms with Gasteiger partial charge in [0.25, 0.3) is 5.91 Å². The number of carbonyl (C=O) groups is 4. The number of hydrogen-bond acceptors (Lipinski definition) is 11. The number of benzene rings is 1. The summed E-state index contributed by atoms with van der Waals surface area (Å²) in [6.45, 7) is 9.06. The Labute approximate surface area is 261 Å². The van der Waals surface area contributed by atoms with Crippen LogP contribution in [0.25, 0.3) is 5.69 Å². The number of anilines is 1. The molecule has 14 heteroatoms. The Morgan fingerprint density at radius 1 is 1.02 bits per heavy atom. The van der Waals surface area contributed by atoms with Crippen molar-refractivity contribution in [3.63, 3.8) is 0 Å². The largest absolute Gasteiger partial charge is 0.462 e. The summed E-state index contributed by atoms with van der Waals surface area (Å²) in [5.41, 5.74) is 2.29. The van der Waals surface area contributed by atoms with E-state index < -0.39 is 23.1 Å². The summed E-state index contributed by atoms with van der Waals surface area (Å²) < 4.78 is 12.1. The van der Waals surface area contributed by atoms with Crippen molar-refractivity contribution in [2.24, 2.45) is 0 Å². The maximum absolute atomic E-state index is 13.4. The molecule has 0 saturated heterocycles. The molecule has 0 fully saturated rings. The monoisotopic (exact) mass is 641 g/mol. The van der Waals surface area contributed by atoms with Crippen LogP contribution in [0.5, 0.6) is 0 Å². The molecule has 3 aromatic heterocycles. The van der Waals surface area contributed by atoms with Crippen LogP contribution < -0.4 is 10.6 Å². The molecular formula is C29H31N5O6S3. The normalized spacial score (nSPS) is 11.6. The van der Waals surface area contributed by atoms with Crippen LogP contribution in [0, 0.1) is 13.8 Å². The third kappa shape index (κ3) is 7.50. The van der Waals surface area contributed by atoms with Gasteiger partial charge in [0.1, 0.15) is 9.88 Å². The van der Waals surface area contributed by atoms with Crippen LogP contribution in [0.1, 0.15) is 67.4 Å². The first-order chi connectivity index (χ1) is 20.6. The molecule has 1 aromatic carbocycles. The summed E-state index contributed by atoms with van der Waals surface area (Å²) in [6, 6.07) is 11.3. The first-order valence-corrected chi connectivity index (χ1v) is 16.0. The van der Waals surface area contributed by atoms with E-state index in [9.17, 15) is 19.2 Å². The predicted octanol–water partition coefficient (Wildman–Crippen LogP) is 5.41. The van der Waals surface area contributed by atoms with Crippen LogP contribution in [0.3, 0.4) is 0 Å². The van der Waals surface area contributed by atoms with Crippen molar-refractivity contribution in [3.05, 3.63) is 74.0 Å². The molecule has 4 aromatic rings. The number of thiophene rings is 2. The van der Waals surface area contributed by atoms with Crippen LogP contribution in [-0.4, -0.2) is 57.0 Å². The number of nitrogens with zero attached hydrogens (tertiary/aromatic N) is 3. The summed E-state index contributed by atoms with van der Waals surface area (Å²) in [5.74, 6) is -1.37. The molecule has 0 radical (unpaired) electrons. The van der Waals surface area contributed by atoms with Crippen LogP contribution >= 0.6 is 34.4 Å². The van der Waals surface area contributed by atoms with E-state index in [1.54, 1.807) is 44.4 Å². The third-order valence-electron chi connectivity index (χ3n) is 6.09. The second-order valence-corrected chi connectivity index (χ2v) is 12.5. The molecule has 43 heavy (non-hydrogen) atoms. The van der Waals surface area contributed by atoms with Gasteiger partial charge in [0.15, 0.2) is 11.0 Å². The standard InChI is InChI=1S/C29H31N5O6S3/c1-6-39-27(37)22-17(4)23(28(38)40-7-2)43-26(22)31-24(35)18(5)42-29-33-32-21(15-30-25(36)20-12-9-13-41-20)34(29)19-11-8-10-16(3)14-19/h8-14,18H,6-7,15H2,1-5H3,(H,30,36)(H,31,35)/t18-/m0/s1. The number of esters is 2. The smallest absolute Gasteiger partial charge is 0.348 e. The summed E-state index contributed by atoms with van der Waals surface area (Å²) in [7, 11) is 0.